The number of anilines is 4. The number of rotatable bonds is 5. The number of hydrogen-bond acceptors (Lipinski definition) is 7. The molecule has 186 valence electrons. The Kier molecular flexibility index (Phi) is 6.00. The van der Waals surface area contributed by atoms with E-state index in [1.54, 1.807) is 19.2 Å². The van der Waals surface area contributed by atoms with E-state index in [0.29, 0.717) is 34.0 Å². The van der Waals surface area contributed by atoms with Crippen LogP contribution in [-0.2, 0) is 6.18 Å². The largest absolute Gasteiger partial charge is 0.497 e. The van der Waals surface area contributed by atoms with Gasteiger partial charge in [0.25, 0.3) is 0 Å². The van der Waals surface area contributed by atoms with Crippen LogP contribution >= 0.6 is 0 Å². The third kappa shape index (κ3) is 5.08. The summed E-state index contributed by atoms with van der Waals surface area (Å²) < 4.78 is 43.9. The van der Waals surface area contributed by atoms with E-state index < -0.39 is 11.7 Å². The van der Waals surface area contributed by atoms with Crippen LogP contribution in [0.25, 0.3) is 33.4 Å². The van der Waals surface area contributed by atoms with Gasteiger partial charge in [0, 0.05) is 34.0 Å². The minimum absolute atomic E-state index is 0.0222. The number of halogens is 3. The molecule has 0 fully saturated rings. The minimum atomic E-state index is -4.42. The maximum Gasteiger partial charge on any atom is 0.416 e. The lowest BCUT2D eigenvalue weighted by Crippen LogP contribution is -2.04. The highest BCUT2D eigenvalue weighted by Gasteiger charge is 2.30. The molecule has 0 atom stereocenters. The molecule has 2 heterocycles. The van der Waals surface area contributed by atoms with Gasteiger partial charge in [-0.1, -0.05) is 12.1 Å². The van der Waals surface area contributed by atoms with Crippen LogP contribution in [0.5, 0.6) is 5.75 Å². The number of alkyl halides is 3. The van der Waals surface area contributed by atoms with Crippen molar-refractivity contribution < 1.29 is 17.9 Å². The maximum atomic E-state index is 12.9. The van der Waals surface area contributed by atoms with Gasteiger partial charge in [0.15, 0.2) is 0 Å². The first-order chi connectivity index (χ1) is 17.7. The Morgan fingerprint density at radius 1 is 0.757 bits per heavy atom. The lowest BCUT2D eigenvalue weighted by atomic mass is 10.1. The Morgan fingerprint density at radius 2 is 1.41 bits per heavy atom. The first-order valence-electron chi connectivity index (χ1n) is 11.1. The number of nitrogens with two attached hydrogens (primary N) is 2. The van der Waals surface area contributed by atoms with Crippen LogP contribution in [0.2, 0.25) is 0 Å². The van der Waals surface area contributed by atoms with Crippen LogP contribution in [0.4, 0.5) is 36.3 Å². The molecule has 0 bridgehead atoms. The fraction of sp³-hybridized carbons (Fsp3) is 0.0741. The molecule has 0 spiro atoms. The summed E-state index contributed by atoms with van der Waals surface area (Å²) in [5.74, 6) is 1.11. The van der Waals surface area contributed by atoms with E-state index in [-0.39, 0.29) is 5.95 Å². The molecule has 5 aromatic rings. The molecule has 3 aromatic carbocycles. The summed E-state index contributed by atoms with van der Waals surface area (Å²) in [4.78, 5) is 13.1. The number of benzene rings is 3. The van der Waals surface area contributed by atoms with Crippen LogP contribution in [0.3, 0.4) is 0 Å². The molecule has 0 unspecified atom stereocenters. The van der Waals surface area contributed by atoms with E-state index in [4.69, 9.17) is 21.2 Å². The lowest BCUT2D eigenvalue weighted by molar-refractivity contribution is -0.137. The zero-order chi connectivity index (χ0) is 26.2. The van der Waals surface area contributed by atoms with Crippen molar-refractivity contribution in [1.29, 1.82) is 0 Å². The zero-order valence-electron chi connectivity index (χ0n) is 19.5. The summed E-state index contributed by atoms with van der Waals surface area (Å²) in [6, 6.07) is 21.1. The summed E-state index contributed by atoms with van der Waals surface area (Å²) in [5.41, 5.74) is 15.9. The summed E-state index contributed by atoms with van der Waals surface area (Å²) in [6.45, 7) is 0. The second-order valence-corrected chi connectivity index (χ2v) is 8.25. The van der Waals surface area contributed by atoms with Gasteiger partial charge in [-0.05, 0) is 60.7 Å². The van der Waals surface area contributed by atoms with Crippen molar-refractivity contribution in [2.24, 2.45) is 0 Å². The number of pyridine rings is 1. The molecule has 0 radical (unpaired) electrons. The van der Waals surface area contributed by atoms with Crippen molar-refractivity contribution in [2.75, 3.05) is 23.9 Å². The van der Waals surface area contributed by atoms with Gasteiger partial charge in [0.05, 0.1) is 29.6 Å². The van der Waals surface area contributed by atoms with Crippen LogP contribution in [-0.4, -0.2) is 22.1 Å². The molecule has 0 amide bonds. The average Bonchev–Trinajstić information content (AvgIpc) is 2.88. The van der Waals surface area contributed by atoms with E-state index in [1.165, 1.54) is 12.1 Å². The molecule has 10 heteroatoms. The summed E-state index contributed by atoms with van der Waals surface area (Å²) >= 11 is 0. The third-order valence-electron chi connectivity index (χ3n) is 5.75. The fourth-order valence-corrected chi connectivity index (χ4v) is 3.89. The predicted octanol–water partition coefficient (Wildman–Crippen LogP) is 6.29. The third-order valence-corrected chi connectivity index (χ3v) is 5.75. The Bertz CT molecular complexity index is 1590. The van der Waals surface area contributed by atoms with Crippen molar-refractivity contribution in [3.8, 4) is 28.3 Å². The zero-order valence-corrected chi connectivity index (χ0v) is 19.5. The molecular weight excluding hydrogens is 481 g/mol. The Labute approximate surface area is 210 Å². The number of aromatic nitrogens is 3. The van der Waals surface area contributed by atoms with Crippen LogP contribution in [0, 0.1) is 0 Å². The fourth-order valence-electron chi connectivity index (χ4n) is 3.89. The highest BCUT2D eigenvalue weighted by molar-refractivity contribution is 5.95. The first kappa shape index (κ1) is 23.9. The molecule has 2 aromatic heterocycles. The normalized spacial score (nSPS) is 11.5. The molecular formula is C27H21F3N6O. The highest BCUT2D eigenvalue weighted by atomic mass is 19.4. The molecule has 37 heavy (non-hydrogen) atoms. The Hall–Kier alpha value is -4.86. The number of methoxy groups -OCH3 is 1. The van der Waals surface area contributed by atoms with Gasteiger partial charge in [0.1, 0.15) is 11.6 Å². The van der Waals surface area contributed by atoms with Crippen molar-refractivity contribution >= 4 is 34.0 Å². The van der Waals surface area contributed by atoms with E-state index >= 15 is 0 Å². The lowest BCUT2D eigenvalue weighted by Gasteiger charge is -2.12. The van der Waals surface area contributed by atoms with Crippen molar-refractivity contribution in [3.63, 3.8) is 0 Å². The number of hydrogen-bond donors (Lipinski definition) is 3. The van der Waals surface area contributed by atoms with E-state index in [1.807, 2.05) is 42.5 Å². The van der Waals surface area contributed by atoms with Crippen LogP contribution in [0.15, 0.2) is 78.9 Å². The minimum Gasteiger partial charge on any atom is -0.497 e. The van der Waals surface area contributed by atoms with E-state index in [2.05, 4.69) is 15.3 Å². The van der Waals surface area contributed by atoms with E-state index in [0.717, 1.165) is 34.5 Å². The van der Waals surface area contributed by atoms with Gasteiger partial charge in [0.2, 0.25) is 5.95 Å². The second-order valence-electron chi connectivity index (χ2n) is 8.25. The summed E-state index contributed by atoms with van der Waals surface area (Å²) in [5, 5.41) is 3.90. The van der Waals surface area contributed by atoms with Gasteiger partial charge in [-0.2, -0.15) is 18.2 Å². The van der Waals surface area contributed by atoms with Crippen molar-refractivity contribution in [3.05, 3.63) is 84.4 Å². The number of fused-ring (bicyclic) bond motifs is 1. The van der Waals surface area contributed by atoms with Crippen LogP contribution < -0.4 is 21.5 Å². The first-order valence-corrected chi connectivity index (χ1v) is 11.1. The molecule has 0 aliphatic rings. The maximum absolute atomic E-state index is 12.9. The average molecular weight is 503 g/mol. The Morgan fingerprint density at radius 3 is 2.05 bits per heavy atom. The molecule has 5 rings (SSSR count). The molecule has 5 N–H and O–H groups in total. The highest BCUT2D eigenvalue weighted by Crippen LogP contribution is 2.32. The predicted molar refractivity (Wildman–Crippen MR) is 138 cm³/mol. The monoisotopic (exact) mass is 502 g/mol. The quantitative estimate of drug-likeness (QED) is 0.259. The molecule has 0 aliphatic carbocycles. The number of nitrogens with one attached hydrogen (secondary N) is 1. The molecule has 7 nitrogen and oxygen atoms in total. The van der Waals surface area contributed by atoms with Crippen molar-refractivity contribution in [1.82, 2.24) is 15.0 Å². The van der Waals surface area contributed by atoms with Gasteiger partial charge in [-0.25, -0.2) is 9.97 Å². The summed E-state index contributed by atoms with van der Waals surface area (Å²) in [7, 11) is 1.61. The van der Waals surface area contributed by atoms with Crippen LogP contribution in [0.1, 0.15) is 5.56 Å². The SMILES string of the molecule is COc1ccc(-c2cc(N)c3cc(Nc4cc(-c5ccc(C(F)(F)F)cc5)nc(N)n4)ccc3n2)cc1. The standard InChI is InChI=1S/C27H21F3N6O/c1-37-19-9-4-16(5-10-19)23-13-21(31)20-12-18(8-11-22(20)34-23)33-25-14-24(35-26(32)36-25)15-2-6-17(7-3-15)27(28,29)30/h2-14H,1H3,(H2,31,34)(H3,32,33,35,36). The van der Waals surface area contributed by atoms with E-state index in [9.17, 15) is 13.2 Å². The topological polar surface area (TPSA) is 112 Å². The van der Waals surface area contributed by atoms with Gasteiger partial charge in [-0.15, -0.1) is 0 Å². The van der Waals surface area contributed by atoms with Gasteiger partial charge >= 0.3 is 6.18 Å². The number of nitrogen functional groups attached to an aromatic ring is 2. The molecule has 0 saturated carbocycles. The number of nitrogens with zero attached hydrogens (tertiary/aromatic N) is 3. The number of ether oxygens (including phenoxy) is 1. The van der Waals surface area contributed by atoms with Crippen molar-refractivity contribution in [2.45, 2.75) is 6.18 Å². The van der Waals surface area contributed by atoms with Gasteiger partial charge in [-0.3, -0.25) is 0 Å². The molecule has 0 saturated heterocycles. The Balaban J connectivity index is 1.43. The van der Waals surface area contributed by atoms with Gasteiger partial charge < -0.3 is 21.5 Å². The second kappa shape index (κ2) is 9.30. The summed E-state index contributed by atoms with van der Waals surface area (Å²) in [6.07, 6.45) is -4.42. The molecule has 0 aliphatic heterocycles. The smallest absolute Gasteiger partial charge is 0.416 e.